The Morgan fingerprint density at radius 3 is 2.16 bits per heavy atom. The second-order valence-electron chi connectivity index (χ2n) is 5.07. The highest BCUT2D eigenvalue weighted by molar-refractivity contribution is 5.45. The van der Waals surface area contributed by atoms with Gasteiger partial charge in [0, 0.05) is 32.4 Å². The minimum atomic E-state index is 0.370. The fourth-order valence-corrected chi connectivity index (χ4v) is 2.04. The van der Waals surface area contributed by atoms with Crippen LogP contribution >= 0.6 is 0 Å². The van der Waals surface area contributed by atoms with Crippen LogP contribution in [0.3, 0.4) is 0 Å². The average molecular weight is 254 g/mol. The van der Waals surface area contributed by atoms with Gasteiger partial charge in [-0.3, -0.25) is 0 Å². The second kappa shape index (κ2) is 6.39. The molecule has 1 unspecified atom stereocenters. The number of hydrogen-bond donors (Lipinski definition) is 1. The summed E-state index contributed by atoms with van der Waals surface area (Å²) in [5.41, 5.74) is 3.88. The van der Waals surface area contributed by atoms with E-state index in [0.29, 0.717) is 6.04 Å². The quantitative estimate of drug-likeness (QED) is 0.877. The predicted molar refractivity (Wildman–Crippen MR) is 82.5 cm³/mol. The highest BCUT2D eigenvalue weighted by Crippen LogP contribution is 2.15. The molecule has 0 aliphatic rings. The van der Waals surface area contributed by atoms with Crippen LogP contribution < -0.4 is 10.2 Å². The van der Waals surface area contributed by atoms with Crippen molar-refractivity contribution in [2.75, 3.05) is 19.0 Å². The van der Waals surface area contributed by atoms with Gasteiger partial charge in [-0.1, -0.05) is 42.5 Å². The highest BCUT2D eigenvalue weighted by atomic mass is 15.1. The zero-order chi connectivity index (χ0) is 13.7. The monoisotopic (exact) mass is 254 g/mol. The van der Waals surface area contributed by atoms with Gasteiger partial charge in [0.2, 0.25) is 0 Å². The number of nitrogens with zero attached hydrogens (tertiary/aromatic N) is 1. The molecule has 2 nitrogen and oxygen atoms in total. The molecule has 0 radical (unpaired) electrons. The van der Waals surface area contributed by atoms with E-state index >= 15 is 0 Å². The lowest BCUT2D eigenvalue weighted by molar-refractivity contribution is 0.575. The summed E-state index contributed by atoms with van der Waals surface area (Å²) >= 11 is 0. The van der Waals surface area contributed by atoms with E-state index < -0.39 is 0 Å². The summed E-state index contributed by atoms with van der Waals surface area (Å²) in [4.78, 5) is 2.11. The van der Waals surface area contributed by atoms with E-state index in [9.17, 15) is 0 Å². The van der Waals surface area contributed by atoms with Crippen LogP contribution in [0.2, 0.25) is 0 Å². The topological polar surface area (TPSA) is 15.3 Å². The Kier molecular flexibility index (Phi) is 4.58. The smallest absolute Gasteiger partial charge is 0.0361 e. The maximum absolute atomic E-state index is 3.55. The molecule has 2 aromatic rings. The Morgan fingerprint density at radius 2 is 1.58 bits per heavy atom. The molecule has 2 aromatic carbocycles. The van der Waals surface area contributed by atoms with Gasteiger partial charge in [-0.2, -0.15) is 0 Å². The molecule has 19 heavy (non-hydrogen) atoms. The Labute approximate surface area is 116 Å². The molecule has 0 bridgehead atoms. The summed E-state index contributed by atoms with van der Waals surface area (Å²) in [5, 5.41) is 3.55. The number of hydrogen-bond acceptors (Lipinski definition) is 2. The van der Waals surface area contributed by atoms with Crippen molar-refractivity contribution >= 4 is 5.69 Å². The van der Waals surface area contributed by atoms with E-state index in [0.717, 1.165) is 6.54 Å². The van der Waals surface area contributed by atoms with Gasteiger partial charge >= 0.3 is 0 Å². The van der Waals surface area contributed by atoms with Crippen LogP contribution in [0.1, 0.15) is 24.1 Å². The summed E-state index contributed by atoms with van der Waals surface area (Å²) in [6, 6.07) is 19.6. The minimum absolute atomic E-state index is 0.370. The van der Waals surface area contributed by atoms with Crippen LogP contribution in [0.15, 0.2) is 54.6 Å². The third-order valence-corrected chi connectivity index (χ3v) is 3.36. The van der Waals surface area contributed by atoms with E-state index in [2.05, 4.69) is 85.8 Å². The van der Waals surface area contributed by atoms with Gasteiger partial charge in [0.1, 0.15) is 0 Å². The lowest BCUT2D eigenvalue weighted by Gasteiger charge is -2.16. The molecule has 0 aromatic heterocycles. The number of nitrogens with one attached hydrogen (secondary N) is 1. The fraction of sp³-hybridized carbons (Fsp3) is 0.294. The lowest BCUT2D eigenvalue weighted by Crippen LogP contribution is -2.18. The van der Waals surface area contributed by atoms with Crippen molar-refractivity contribution in [1.82, 2.24) is 5.32 Å². The summed E-state index contributed by atoms with van der Waals surface area (Å²) in [6.07, 6.45) is 0. The largest absolute Gasteiger partial charge is 0.378 e. The summed E-state index contributed by atoms with van der Waals surface area (Å²) in [7, 11) is 4.12. The second-order valence-corrected chi connectivity index (χ2v) is 5.07. The molecule has 0 aliphatic heterocycles. The van der Waals surface area contributed by atoms with Crippen LogP contribution in [0, 0.1) is 0 Å². The molecule has 0 saturated carbocycles. The van der Waals surface area contributed by atoms with Crippen molar-refractivity contribution in [3.05, 3.63) is 65.7 Å². The van der Waals surface area contributed by atoms with Crippen molar-refractivity contribution in [1.29, 1.82) is 0 Å². The summed E-state index contributed by atoms with van der Waals surface area (Å²) in [5.74, 6) is 0. The molecule has 0 spiro atoms. The molecular weight excluding hydrogens is 232 g/mol. The Balaban J connectivity index is 1.92. The summed E-state index contributed by atoms with van der Waals surface area (Å²) < 4.78 is 0. The van der Waals surface area contributed by atoms with Crippen molar-refractivity contribution in [2.45, 2.75) is 19.5 Å². The molecule has 0 aliphatic carbocycles. The van der Waals surface area contributed by atoms with Gasteiger partial charge < -0.3 is 10.2 Å². The van der Waals surface area contributed by atoms with Crippen molar-refractivity contribution in [2.24, 2.45) is 0 Å². The van der Waals surface area contributed by atoms with Gasteiger partial charge in [-0.05, 0) is 30.2 Å². The van der Waals surface area contributed by atoms with Crippen molar-refractivity contribution < 1.29 is 0 Å². The average Bonchev–Trinajstić information content (AvgIpc) is 2.46. The molecule has 0 heterocycles. The third kappa shape index (κ3) is 3.83. The molecule has 0 fully saturated rings. The van der Waals surface area contributed by atoms with Gasteiger partial charge in [0.05, 0.1) is 0 Å². The van der Waals surface area contributed by atoms with Gasteiger partial charge in [0.15, 0.2) is 0 Å². The van der Waals surface area contributed by atoms with Crippen LogP contribution in [0.4, 0.5) is 5.69 Å². The fourth-order valence-electron chi connectivity index (χ4n) is 2.04. The first kappa shape index (κ1) is 13.6. The highest BCUT2D eigenvalue weighted by Gasteiger charge is 2.03. The maximum atomic E-state index is 3.55. The molecular formula is C17H22N2. The Morgan fingerprint density at radius 1 is 0.947 bits per heavy atom. The Bertz CT molecular complexity index is 488. The first-order valence-corrected chi connectivity index (χ1v) is 6.71. The zero-order valence-corrected chi connectivity index (χ0v) is 11.9. The SMILES string of the molecule is CC(NCc1ccc(N(C)C)cc1)c1ccccc1. The number of anilines is 1. The number of benzene rings is 2. The molecule has 1 atom stereocenters. The number of rotatable bonds is 5. The van der Waals surface area contributed by atoms with Gasteiger partial charge in [0.25, 0.3) is 0 Å². The predicted octanol–water partition coefficient (Wildman–Crippen LogP) is 3.60. The molecule has 2 heteroatoms. The standard InChI is InChI=1S/C17H22N2/c1-14(16-7-5-4-6-8-16)18-13-15-9-11-17(12-10-15)19(2)3/h4-12,14,18H,13H2,1-3H3. The molecule has 100 valence electrons. The Hall–Kier alpha value is -1.80. The zero-order valence-electron chi connectivity index (χ0n) is 11.9. The molecule has 1 N–H and O–H groups in total. The normalized spacial score (nSPS) is 12.2. The van der Waals surface area contributed by atoms with Gasteiger partial charge in [-0.25, -0.2) is 0 Å². The van der Waals surface area contributed by atoms with E-state index in [4.69, 9.17) is 0 Å². The molecule has 0 saturated heterocycles. The van der Waals surface area contributed by atoms with Crippen LogP contribution in [0.5, 0.6) is 0 Å². The first-order chi connectivity index (χ1) is 9.16. The van der Waals surface area contributed by atoms with Crippen LogP contribution in [-0.2, 0) is 6.54 Å². The molecule has 0 amide bonds. The van der Waals surface area contributed by atoms with Crippen molar-refractivity contribution in [3.8, 4) is 0 Å². The molecule has 2 rings (SSSR count). The van der Waals surface area contributed by atoms with E-state index in [-0.39, 0.29) is 0 Å². The summed E-state index contributed by atoms with van der Waals surface area (Å²) in [6.45, 7) is 3.09. The third-order valence-electron chi connectivity index (χ3n) is 3.36. The maximum Gasteiger partial charge on any atom is 0.0361 e. The van der Waals surface area contributed by atoms with Crippen LogP contribution in [-0.4, -0.2) is 14.1 Å². The van der Waals surface area contributed by atoms with Crippen molar-refractivity contribution in [3.63, 3.8) is 0 Å². The van der Waals surface area contributed by atoms with E-state index in [1.807, 2.05) is 0 Å². The minimum Gasteiger partial charge on any atom is -0.378 e. The lowest BCUT2D eigenvalue weighted by atomic mass is 10.1. The van der Waals surface area contributed by atoms with Crippen LogP contribution in [0.25, 0.3) is 0 Å². The van der Waals surface area contributed by atoms with E-state index in [1.165, 1.54) is 16.8 Å². The van der Waals surface area contributed by atoms with Gasteiger partial charge in [-0.15, -0.1) is 0 Å². The van der Waals surface area contributed by atoms with E-state index in [1.54, 1.807) is 0 Å². The first-order valence-electron chi connectivity index (χ1n) is 6.71.